The molecule has 1 aromatic rings. The van der Waals surface area contributed by atoms with Crippen molar-refractivity contribution in [3.05, 3.63) is 39.1 Å². The molecule has 0 saturated heterocycles. The van der Waals surface area contributed by atoms with Crippen molar-refractivity contribution in [2.45, 2.75) is 46.1 Å². The van der Waals surface area contributed by atoms with Crippen molar-refractivity contribution in [2.75, 3.05) is 4.90 Å². The van der Waals surface area contributed by atoms with Crippen LogP contribution in [0.25, 0.3) is 0 Å². The van der Waals surface area contributed by atoms with Gasteiger partial charge in [0.05, 0.1) is 0 Å². The van der Waals surface area contributed by atoms with Gasteiger partial charge < -0.3 is 4.90 Å². The van der Waals surface area contributed by atoms with E-state index in [1.807, 2.05) is 0 Å². The van der Waals surface area contributed by atoms with Crippen LogP contribution in [0.2, 0.25) is 0 Å². The fourth-order valence-corrected chi connectivity index (χ4v) is 3.27. The zero-order chi connectivity index (χ0) is 12.8. The lowest BCUT2D eigenvalue weighted by Gasteiger charge is -2.40. The summed E-state index contributed by atoms with van der Waals surface area (Å²) in [6, 6.07) is 7.27. The van der Waals surface area contributed by atoms with E-state index in [-0.39, 0.29) is 5.41 Å². The molecule has 0 N–H and O–H groups in total. The van der Waals surface area contributed by atoms with Gasteiger partial charge in [0.1, 0.15) is 0 Å². The van der Waals surface area contributed by atoms with Gasteiger partial charge in [-0.15, -0.1) is 0 Å². The van der Waals surface area contributed by atoms with Gasteiger partial charge in [-0.3, -0.25) is 0 Å². The van der Waals surface area contributed by atoms with E-state index in [0.717, 1.165) is 0 Å². The number of anilines is 1. The molecule has 2 rings (SSSR count). The normalized spacial score (nSPS) is 18.1. The Hall–Kier alpha value is -0.510. The number of allylic oxidation sites excluding steroid dienone is 2. The summed E-state index contributed by atoms with van der Waals surface area (Å²) in [6.07, 6.45) is 2.38. The molecule has 2 heteroatoms. The first-order valence-electron chi connectivity index (χ1n) is 6.11. The Morgan fingerprint density at radius 2 is 1.88 bits per heavy atom. The largest absolute Gasteiger partial charge is 0.343 e. The Labute approximate surface area is 118 Å². The summed E-state index contributed by atoms with van der Waals surface area (Å²) in [6.45, 7) is 11.3. The highest BCUT2D eigenvalue weighted by molar-refractivity contribution is 14.1. The van der Waals surface area contributed by atoms with Crippen LogP contribution < -0.4 is 4.90 Å². The van der Waals surface area contributed by atoms with Crippen LogP contribution in [0.5, 0.6) is 0 Å². The van der Waals surface area contributed by atoms with Crippen LogP contribution in [0.1, 0.15) is 40.2 Å². The maximum atomic E-state index is 2.43. The van der Waals surface area contributed by atoms with E-state index in [4.69, 9.17) is 0 Å². The Balaban J connectivity index is 2.65. The number of rotatable bonds is 1. The molecule has 0 spiro atoms. The maximum Gasteiger partial charge on any atom is 0.0452 e. The van der Waals surface area contributed by atoms with Gasteiger partial charge in [-0.1, -0.05) is 19.9 Å². The van der Waals surface area contributed by atoms with Crippen LogP contribution in [-0.2, 0) is 5.41 Å². The Morgan fingerprint density at radius 1 is 1.24 bits per heavy atom. The van der Waals surface area contributed by atoms with Gasteiger partial charge in [-0.2, -0.15) is 0 Å². The molecule has 1 aliphatic heterocycles. The average Bonchev–Trinajstić information content (AvgIpc) is 2.17. The van der Waals surface area contributed by atoms with Gasteiger partial charge in [0.2, 0.25) is 0 Å². The van der Waals surface area contributed by atoms with Crippen LogP contribution >= 0.6 is 22.6 Å². The second-order valence-electron chi connectivity index (χ2n) is 5.63. The maximum absolute atomic E-state index is 2.43. The van der Waals surface area contributed by atoms with Gasteiger partial charge >= 0.3 is 0 Å². The molecule has 0 amide bonds. The molecule has 0 radical (unpaired) electrons. The first-order valence-corrected chi connectivity index (χ1v) is 7.19. The molecule has 17 heavy (non-hydrogen) atoms. The number of hydrogen-bond acceptors (Lipinski definition) is 1. The predicted octanol–water partition coefficient (Wildman–Crippen LogP) is 4.70. The lowest BCUT2D eigenvalue weighted by Crippen LogP contribution is -2.36. The molecule has 0 saturated carbocycles. The van der Waals surface area contributed by atoms with Crippen LogP contribution in [0.4, 0.5) is 5.69 Å². The van der Waals surface area contributed by atoms with Crippen LogP contribution in [0.3, 0.4) is 0 Å². The number of hydrogen-bond donors (Lipinski definition) is 0. The van der Waals surface area contributed by atoms with Crippen molar-refractivity contribution in [1.29, 1.82) is 0 Å². The average molecular weight is 341 g/mol. The monoisotopic (exact) mass is 341 g/mol. The molecule has 92 valence electrons. The van der Waals surface area contributed by atoms with E-state index in [0.29, 0.717) is 6.04 Å². The molecule has 0 atom stereocenters. The molecule has 0 aromatic heterocycles. The van der Waals surface area contributed by atoms with Gasteiger partial charge in [0.15, 0.2) is 0 Å². The minimum Gasteiger partial charge on any atom is -0.343 e. The second kappa shape index (κ2) is 4.30. The standard InChI is InChI=1S/C15H20IN/c1-10(2)17-11(3)9-15(4,5)13-8-12(16)6-7-14(13)17/h6-10H,1-5H3. The molecule has 0 fully saturated rings. The summed E-state index contributed by atoms with van der Waals surface area (Å²) >= 11 is 2.39. The van der Waals surface area contributed by atoms with E-state index in [1.54, 1.807) is 0 Å². The summed E-state index contributed by atoms with van der Waals surface area (Å²) in [5, 5.41) is 0. The summed E-state index contributed by atoms with van der Waals surface area (Å²) < 4.78 is 1.31. The fraction of sp³-hybridized carbons (Fsp3) is 0.467. The third kappa shape index (κ3) is 2.24. The smallest absolute Gasteiger partial charge is 0.0452 e. The van der Waals surface area contributed by atoms with Crippen LogP contribution in [0, 0.1) is 3.57 Å². The zero-order valence-corrected chi connectivity index (χ0v) is 13.4. The Kier molecular flexibility index (Phi) is 3.27. The van der Waals surface area contributed by atoms with Crippen molar-refractivity contribution in [2.24, 2.45) is 0 Å². The minimum atomic E-state index is 0.131. The molecule has 1 aliphatic rings. The van der Waals surface area contributed by atoms with E-state index in [9.17, 15) is 0 Å². The van der Waals surface area contributed by atoms with Crippen molar-refractivity contribution in [3.63, 3.8) is 0 Å². The van der Waals surface area contributed by atoms with E-state index >= 15 is 0 Å². The molecular formula is C15H20IN. The van der Waals surface area contributed by atoms with Crippen LogP contribution in [0.15, 0.2) is 30.0 Å². The van der Waals surface area contributed by atoms with Gasteiger partial charge in [0, 0.05) is 26.4 Å². The quantitative estimate of drug-likeness (QED) is 0.669. The topological polar surface area (TPSA) is 3.24 Å². The predicted molar refractivity (Wildman–Crippen MR) is 83.6 cm³/mol. The minimum absolute atomic E-state index is 0.131. The summed E-state index contributed by atoms with van der Waals surface area (Å²) in [5.74, 6) is 0. The van der Waals surface area contributed by atoms with Crippen molar-refractivity contribution in [3.8, 4) is 0 Å². The van der Waals surface area contributed by atoms with Gasteiger partial charge in [0.25, 0.3) is 0 Å². The number of halogens is 1. The highest BCUT2D eigenvalue weighted by Crippen LogP contribution is 2.41. The summed E-state index contributed by atoms with van der Waals surface area (Å²) in [5.41, 5.74) is 4.29. The summed E-state index contributed by atoms with van der Waals surface area (Å²) in [7, 11) is 0. The Bertz CT molecular complexity index is 472. The number of fused-ring (bicyclic) bond motifs is 1. The lowest BCUT2D eigenvalue weighted by molar-refractivity contribution is 0.620. The molecule has 0 bridgehead atoms. The molecular weight excluding hydrogens is 321 g/mol. The van der Waals surface area contributed by atoms with Crippen LogP contribution in [-0.4, -0.2) is 6.04 Å². The summed E-state index contributed by atoms with van der Waals surface area (Å²) in [4.78, 5) is 2.43. The highest BCUT2D eigenvalue weighted by Gasteiger charge is 2.30. The lowest BCUT2D eigenvalue weighted by atomic mass is 9.79. The second-order valence-corrected chi connectivity index (χ2v) is 6.88. The molecule has 0 unspecified atom stereocenters. The number of benzene rings is 1. The van der Waals surface area contributed by atoms with E-state index in [2.05, 4.69) is 86.4 Å². The van der Waals surface area contributed by atoms with Gasteiger partial charge in [-0.05, 0) is 67.1 Å². The molecule has 0 aliphatic carbocycles. The first-order chi connectivity index (χ1) is 7.83. The number of nitrogens with zero attached hydrogens (tertiary/aromatic N) is 1. The van der Waals surface area contributed by atoms with E-state index < -0.39 is 0 Å². The van der Waals surface area contributed by atoms with Crippen molar-refractivity contribution in [1.82, 2.24) is 0 Å². The van der Waals surface area contributed by atoms with Crippen molar-refractivity contribution >= 4 is 28.3 Å². The third-order valence-corrected chi connectivity index (χ3v) is 4.05. The fourth-order valence-electron chi connectivity index (χ4n) is 2.78. The Morgan fingerprint density at radius 3 is 2.47 bits per heavy atom. The molecule has 1 heterocycles. The molecule has 1 aromatic carbocycles. The van der Waals surface area contributed by atoms with E-state index in [1.165, 1.54) is 20.5 Å². The molecule has 1 nitrogen and oxygen atoms in total. The zero-order valence-electron chi connectivity index (χ0n) is 11.2. The highest BCUT2D eigenvalue weighted by atomic mass is 127. The first kappa shape index (κ1) is 12.9. The SMILES string of the molecule is CC1=CC(C)(C)c2cc(I)ccc2N1C(C)C. The van der Waals surface area contributed by atoms with Gasteiger partial charge in [-0.25, -0.2) is 0 Å². The third-order valence-electron chi connectivity index (χ3n) is 3.38. The van der Waals surface area contributed by atoms with Crippen molar-refractivity contribution < 1.29 is 0 Å².